The van der Waals surface area contributed by atoms with Crippen LogP contribution in [0, 0.1) is 0 Å². The highest BCUT2D eigenvalue weighted by molar-refractivity contribution is 7.92. The molecule has 0 unspecified atom stereocenters. The summed E-state index contributed by atoms with van der Waals surface area (Å²) in [7, 11) is -3.85. The first kappa shape index (κ1) is 21.6. The highest BCUT2D eigenvalue weighted by atomic mass is 32.2. The van der Waals surface area contributed by atoms with Crippen molar-refractivity contribution in [3.63, 3.8) is 0 Å². The van der Waals surface area contributed by atoms with Gasteiger partial charge in [0, 0.05) is 17.5 Å². The summed E-state index contributed by atoms with van der Waals surface area (Å²) in [6.45, 7) is 0.340. The Balaban J connectivity index is 1.31. The first-order chi connectivity index (χ1) is 16.4. The van der Waals surface area contributed by atoms with Gasteiger partial charge in [-0.1, -0.05) is 48.5 Å². The highest BCUT2D eigenvalue weighted by Crippen LogP contribution is 2.32. The van der Waals surface area contributed by atoms with Crippen molar-refractivity contribution < 1.29 is 18.0 Å². The number of hydrazine groups is 1. The number of hydrogen-bond donors (Lipinski definition) is 2. The van der Waals surface area contributed by atoms with Crippen LogP contribution in [0.5, 0.6) is 0 Å². The Kier molecular flexibility index (Phi) is 5.46. The van der Waals surface area contributed by atoms with E-state index < -0.39 is 21.8 Å². The summed E-state index contributed by atoms with van der Waals surface area (Å²) >= 11 is 0. The Morgan fingerprint density at radius 3 is 2.47 bits per heavy atom. The number of nitrogens with zero attached hydrogens (tertiary/aromatic N) is 2. The fourth-order valence-corrected chi connectivity index (χ4v) is 5.47. The van der Waals surface area contributed by atoms with E-state index in [4.69, 9.17) is 0 Å². The second-order valence-electron chi connectivity index (χ2n) is 7.78. The molecule has 1 aliphatic rings. The number of para-hydroxylation sites is 2. The van der Waals surface area contributed by atoms with Crippen molar-refractivity contribution in [3.8, 4) is 0 Å². The van der Waals surface area contributed by atoms with Crippen LogP contribution in [0.4, 0.5) is 5.69 Å². The van der Waals surface area contributed by atoms with E-state index in [-0.39, 0.29) is 16.2 Å². The van der Waals surface area contributed by atoms with E-state index in [9.17, 15) is 18.0 Å². The van der Waals surface area contributed by atoms with Gasteiger partial charge in [-0.3, -0.25) is 24.7 Å². The number of anilines is 1. The van der Waals surface area contributed by atoms with Gasteiger partial charge in [0.15, 0.2) is 0 Å². The van der Waals surface area contributed by atoms with Crippen LogP contribution in [0.1, 0.15) is 26.4 Å². The summed E-state index contributed by atoms with van der Waals surface area (Å²) in [5.74, 6) is -1.23. The lowest BCUT2D eigenvalue weighted by molar-refractivity contribution is 0.0844. The quantitative estimate of drug-likeness (QED) is 0.444. The normalized spacial score (nSPS) is 12.9. The molecule has 170 valence electrons. The van der Waals surface area contributed by atoms with E-state index >= 15 is 0 Å². The average molecular weight is 473 g/mol. The second kappa shape index (κ2) is 8.60. The van der Waals surface area contributed by atoms with Gasteiger partial charge in [-0.15, -0.1) is 0 Å². The van der Waals surface area contributed by atoms with Crippen molar-refractivity contribution in [3.05, 3.63) is 102 Å². The first-order valence-electron chi connectivity index (χ1n) is 10.6. The predicted octanol–water partition coefficient (Wildman–Crippen LogP) is 3.06. The molecule has 0 aliphatic carbocycles. The molecule has 2 amide bonds. The standard InChI is InChI=1S/C25H20N4O4S/c30-24(27-28-25(31)22-13-12-17-6-1-3-10-21(17)26-22)19-8-5-9-20(16-19)34(32,33)29-15-14-18-7-2-4-11-23(18)29/h1-13,16H,14-15H2,(H,27,30)(H,28,31). The Hall–Kier alpha value is -4.24. The number of carbonyl (C=O) groups is 2. The molecule has 0 radical (unpaired) electrons. The van der Waals surface area contributed by atoms with Gasteiger partial charge in [0.05, 0.1) is 16.1 Å². The molecule has 9 heteroatoms. The van der Waals surface area contributed by atoms with Gasteiger partial charge in [-0.05, 0) is 48.4 Å². The number of aromatic nitrogens is 1. The van der Waals surface area contributed by atoms with Crippen LogP contribution in [0.25, 0.3) is 10.9 Å². The number of carbonyl (C=O) groups excluding carboxylic acids is 2. The van der Waals surface area contributed by atoms with Crippen LogP contribution in [-0.2, 0) is 16.4 Å². The second-order valence-corrected chi connectivity index (χ2v) is 9.64. The molecule has 3 aromatic carbocycles. The lowest BCUT2D eigenvalue weighted by atomic mass is 10.2. The van der Waals surface area contributed by atoms with Crippen LogP contribution < -0.4 is 15.2 Å². The van der Waals surface area contributed by atoms with E-state index in [1.165, 1.54) is 28.6 Å². The van der Waals surface area contributed by atoms with Crippen LogP contribution >= 0.6 is 0 Å². The van der Waals surface area contributed by atoms with Crippen LogP contribution in [0.2, 0.25) is 0 Å². The zero-order valence-corrected chi connectivity index (χ0v) is 18.7. The van der Waals surface area contributed by atoms with Crippen molar-refractivity contribution in [2.45, 2.75) is 11.3 Å². The van der Waals surface area contributed by atoms with Crippen molar-refractivity contribution in [2.75, 3.05) is 10.8 Å². The number of fused-ring (bicyclic) bond motifs is 2. The summed E-state index contributed by atoms with van der Waals surface area (Å²) in [5.41, 5.74) is 7.15. The first-order valence-corrected chi connectivity index (χ1v) is 12.0. The molecule has 0 bridgehead atoms. The predicted molar refractivity (Wildman–Crippen MR) is 128 cm³/mol. The van der Waals surface area contributed by atoms with Gasteiger partial charge in [-0.2, -0.15) is 0 Å². The fraction of sp³-hybridized carbons (Fsp3) is 0.0800. The number of hydrogen-bond acceptors (Lipinski definition) is 5. The zero-order valence-electron chi connectivity index (χ0n) is 17.9. The van der Waals surface area contributed by atoms with E-state index in [0.29, 0.717) is 24.2 Å². The molecule has 1 aliphatic heterocycles. The maximum absolute atomic E-state index is 13.2. The SMILES string of the molecule is O=C(NNC(=O)c1ccc2ccccc2n1)c1cccc(S(=O)(=O)N2CCc3ccccc32)c1. The summed E-state index contributed by atoms with van der Waals surface area (Å²) in [5, 5.41) is 0.890. The number of pyridine rings is 1. The van der Waals surface area contributed by atoms with Crippen molar-refractivity contribution in [1.29, 1.82) is 0 Å². The van der Waals surface area contributed by atoms with Crippen LogP contribution in [0.3, 0.4) is 0 Å². The third kappa shape index (κ3) is 3.97. The van der Waals surface area contributed by atoms with Gasteiger partial charge in [0.25, 0.3) is 21.8 Å². The topological polar surface area (TPSA) is 108 Å². The maximum atomic E-state index is 13.2. The van der Waals surface area contributed by atoms with Gasteiger partial charge < -0.3 is 0 Å². The minimum atomic E-state index is -3.85. The number of nitrogens with one attached hydrogen (secondary N) is 2. The molecule has 5 rings (SSSR count). The monoisotopic (exact) mass is 472 g/mol. The molecule has 0 saturated heterocycles. The Labute approximate surface area is 196 Å². The third-order valence-electron chi connectivity index (χ3n) is 5.65. The molecular formula is C25H20N4O4S. The summed E-state index contributed by atoms with van der Waals surface area (Å²) < 4.78 is 27.8. The molecule has 4 aromatic rings. The molecule has 2 heterocycles. The highest BCUT2D eigenvalue weighted by Gasteiger charge is 2.31. The minimum Gasteiger partial charge on any atom is -0.267 e. The van der Waals surface area contributed by atoms with E-state index in [1.807, 2.05) is 30.3 Å². The van der Waals surface area contributed by atoms with E-state index in [1.54, 1.807) is 30.3 Å². The Bertz CT molecular complexity index is 1530. The lowest BCUT2D eigenvalue weighted by Crippen LogP contribution is -2.42. The average Bonchev–Trinajstić information content (AvgIpc) is 3.32. The zero-order chi connectivity index (χ0) is 23.7. The van der Waals surface area contributed by atoms with E-state index in [0.717, 1.165) is 10.9 Å². The van der Waals surface area contributed by atoms with Gasteiger partial charge in [0.1, 0.15) is 5.69 Å². The lowest BCUT2D eigenvalue weighted by Gasteiger charge is -2.20. The summed E-state index contributed by atoms with van der Waals surface area (Å²) in [6.07, 6.45) is 0.629. The Morgan fingerprint density at radius 1 is 0.824 bits per heavy atom. The molecule has 0 saturated carbocycles. The van der Waals surface area contributed by atoms with Gasteiger partial charge in [-0.25, -0.2) is 13.4 Å². The Morgan fingerprint density at radius 2 is 1.59 bits per heavy atom. The molecule has 0 spiro atoms. The van der Waals surface area contributed by atoms with Gasteiger partial charge >= 0.3 is 0 Å². The van der Waals surface area contributed by atoms with E-state index in [2.05, 4.69) is 15.8 Å². The number of sulfonamides is 1. The maximum Gasteiger partial charge on any atom is 0.288 e. The van der Waals surface area contributed by atoms with Crippen molar-refractivity contribution in [2.24, 2.45) is 0 Å². The van der Waals surface area contributed by atoms with Crippen LogP contribution in [-0.4, -0.2) is 31.8 Å². The summed E-state index contributed by atoms with van der Waals surface area (Å²) in [6, 6.07) is 23.8. The fourth-order valence-electron chi connectivity index (χ4n) is 3.92. The largest absolute Gasteiger partial charge is 0.288 e. The number of amides is 2. The van der Waals surface area contributed by atoms with Crippen molar-refractivity contribution in [1.82, 2.24) is 15.8 Å². The van der Waals surface area contributed by atoms with Gasteiger partial charge in [0.2, 0.25) is 0 Å². The molecule has 1 aromatic heterocycles. The minimum absolute atomic E-state index is 0.000578. The van der Waals surface area contributed by atoms with Crippen molar-refractivity contribution >= 4 is 38.4 Å². The number of benzene rings is 3. The molecule has 2 N–H and O–H groups in total. The number of rotatable bonds is 4. The molecule has 0 fully saturated rings. The van der Waals surface area contributed by atoms with Crippen LogP contribution in [0.15, 0.2) is 89.8 Å². The molecule has 0 atom stereocenters. The smallest absolute Gasteiger partial charge is 0.267 e. The molecular weight excluding hydrogens is 452 g/mol. The molecule has 8 nitrogen and oxygen atoms in total. The molecule has 34 heavy (non-hydrogen) atoms. The summed E-state index contributed by atoms with van der Waals surface area (Å²) in [4.78, 5) is 29.4. The third-order valence-corrected chi connectivity index (χ3v) is 7.46.